The first-order valence-electron chi connectivity index (χ1n) is 12.6. The van der Waals surface area contributed by atoms with Crippen LogP contribution >= 0.6 is 23.2 Å². The van der Waals surface area contributed by atoms with Crippen LogP contribution in [-0.4, -0.2) is 47.1 Å². The lowest BCUT2D eigenvalue weighted by Gasteiger charge is -2.31. The second kappa shape index (κ2) is 9.79. The van der Waals surface area contributed by atoms with Crippen molar-refractivity contribution < 1.29 is 9.53 Å². The quantitative estimate of drug-likeness (QED) is 0.290. The van der Waals surface area contributed by atoms with E-state index in [1.807, 2.05) is 39.0 Å². The van der Waals surface area contributed by atoms with Crippen LogP contribution in [0.5, 0.6) is 0 Å². The minimum atomic E-state index is -0.540. The van der Waals surface area contributed by atoms with Crippen molar-refractivity contribution in [1.29, 1.82) is 0 Å². The fraction of sp³-hybridized carbons (Fsp3) is 0.250. The Morgan fingerprint density at radius 3 is 2.60 bits per heavy atom. The maximum absolute atomic E-state index is 13.6. The molecule has 4 heterocycles. The summed E-state index contributed by atoms with van der Waals surface area (Å²) in [4.78, 5) is 41.2. The Morgan fingerprint density at radius 1 is 1.07 bits per heavy atom. The number of anilines is 2. The zero-order valence-corrected chi connectivity index (χ0v) is 23.5. The number of carbonyl (C=O) groups excluding carboxylic acids is 1. The van der Waals surface area contributed by atoms with Gasteiger partial charge in [0, 0.05) is 37.4 Å². The summed E-state index contributed by atoms with van der Waals surface area (Å²) in [6.07, 6.45) is 5.15. The molecule has 12 heteroatoms. The van der Waals surface area contributed by atoms with Gasteiger partial charge in [-0.3, -0.25) is 9.20 Å². The summed E-state index contributed by atoms with van der Waals surface area (Å²) in [5.41, 5.74) is 2.78. The van der Waals surface area contributed by atoms with E-state index in [9.17, 15) is 9.59 Å². The molecule has 2 aromatic carbocycles. The molecule has 10 nitrogen and oxygen atoms in total. The van der Waals surface area contributed by atoms with Gasteiger partial charge >= 0.3 is 6.09 Å². The van der Waals surface area contributed by atoms with E-state index >= 15 is 0 Å². The number of benzene rings is 2. The van der Waals surface area contributed by atoms with Gasteiger partial charge in [-0.1, -0.05) is 35.3 Å². The van der Waals surface area contributed by atoms with E-state index in [-0.39, 0.29) is 11.5 Å². The van der Waals surface area contributed by atoms with Crippen molar-refractivity contribution in [3.8, 4) is 5.69 Å². The topological polar surface area (TPSA) is 107 Å². The van der Waals surface area contributed by atoms with Gasteiger partial charge in [0.25, 0.3) is 5.56 Å². The summed E-state index contributed by atoms with van der Waals surface area (Å²) in [5, 5.41) is 4.16. The highest BCUT2D eigenvalue weighted by Crippen LogP contribution is 2.30. The molecule has 3 aromatic heterocycles. The molecule has 5 aromatic rings. The monoisotopic (exact) mass is 577 g/mol. The molecular weight excluding hydrogens is 553 g/mol. The van der Waals surface area contributed by atoms with Crippen LogP contribution in [0, 0.1) is 0 Å². The molecule has 0 radical (unpaired) electrons. The van der Waals surface area contributed by atoms with Crippen LogP contribution in [-0.2, 0) is 17.7 Å². The number of nitrogens with zero attached hydrogens (tertiary/aromatic N) is 6. The second-order valence-electron chi connectivity index (χ2n) is 10.5. The van der Waals surface area contributed by atoms with E-state index in [0.717, 1.165) is 16.8 Å². The highest BCUT2D eigenvalue weighted by Gasteiger charge is 2.26. The number of carbonyl (C=O) groups is 1. The molecule has 40 heavy (non-hydrogen) atoms. The SMILES string of the molecule is CC(C)(C)OC(=O)N1CCc2cc(Nc3ncc4c(=O)n(-c5c(Cl)cccc5Cl)c5nccn5c4n3)ccc2C1. The summed E-state index contributed by atoms with van der Waals surface area (Å²) in [6, 6.07) is 11.0. The highest BCUT2D eigenvalue weighted by molar-refractivity contribution is 6.37. The number of amides is 1. The number of nitrogens with one attached hydrogen (secondary N) is 1. The van der Waals surface area contributed by atoms with Gasteiger partial charge in [-0.15, -0.1) is 0 Å². The van der Waals surface area contributed by atoms with Crippen molar-refractivity contribution >= 4 is 57.7 Å². The molecule has 1 amide bonds. The predicted octanol–water partition coefficient (Wildman–Crippen LogP) is 5.77. The summed E-state index contributed by atoms with van der Waals surface area (Å²) < 4.78 is 8.59. The van der Waals surface area contributed by atoms with E-state index in [1.54, 1.807) is 39.9 Å². The summed E-state index contributed by atoms with van der Waals surface area (Å²) in [5.74, 6) is 0.641. The van der Waals surface area contributed by atoms with Gasteiger partial charge in [0.2, 0.25) is 11.7 Å². The van der Waals surface area contributed by atoms with E-state index in [2.05, 4.69) is 20.3 Å². The minimum Gasteiger partial charge on any atom is -0.444 e. The highest BCUT2D eigenvalue weighted by atomic mass is 35.5. The lowest BCUT2D eigenvalue weighted by Crippen LogP contribution is -2.39. The van der Waals surface area contributed by atoms with Crippen molar-refractivity contribution in [1.82, 2.24) is 28.8 Å². The van der Waals surface area contributed by atoms with E-state index in [4.69, 9.17) is 27.9 Å². The Hall–Kier alpha value is -4.15. The Kier molecular flexibility index (Phi) is 6.39. The molecule has 0 atom stereocenters. The van der Waals surface area contributed by atoms with E-state index < -0.39 is 11.2 Å². The number of hydrogen-bond acceptors (Lipinski definition) is 7. The molecule has 0 spiro atoms. The number of halogens is 2. The smallest absolute Gasteiger partial charge is 0.410 e. The summed E-state index contributed by atoms with van der Waals surface area (Å²) in [7, 11) is 0. The Balaban J connectivity index is 1.32. The van der Waals surface area contributed by atoms with Gasteiger partial charge in [-0.05, 0) is 62.6 Å². The molecule has 1 aliphatic heterocycles. The number of fused-ring (bicyclic) bond motifs is 4. The summed E-state index contributed by atoms with van der Waals surface area (Å²) >= 11 is 12.8. The molecule has 0 unspecified atom stereocenters. The number of rotatable bonds is 3. The summed E-state index contributed by atoms with van der Waals surface area (Å²) in [6.45, 7) is 6.63. The maximum Gasteiger partial charge on any atom is 0.410 e. The van der Waals surface area contributed by atoms with Crippen molar-refractivity contribution in [3.63, 3.8) is 0 Å². The third-order valence-corrected chi connectivity index (χ3v) is 7.15. The fourth-order valence-electron chi connectivity index (χ4n) is 4.75. The van der Waals surface area contributed by atoms with Crippen LogP contribution in [0.4, 0.5) is 16.4 Å². The number of hydrogen-bond donors (Lipinski definition) is 1. The molecule has 204 valence electrons. The van der Waals surface area contributed by atoms with Crippen molar-refractivity contribution in [2.75, 3.05) is 11.9 Å². The molecule has 6 rings (SSSR count). The Bertz CT molecular complexity index is 1840. The van der Waals surface area contributed by atoms with Crippen molar-refractivity contribution in [2.24, 2.45) is 0 Å². The first-order valence-corrected chi connectivity index (χ1v) is 13.4. The number of para-hydroxylation sites is 1. The number of imidazole rings is 1. The van der Waals surface area contributed by atoms with Crippen LogP contribution in [0.2, 0.25) is 10.0 Å². The van der Waals surface area contributed by atoms with E-state index in [1.165, 1.54) is 10.8 Å². The average molecular weight is 578 g/mol. The standard InChI is InChI=1S/C28H25Cl2N7O3/c1-28(2,3)40-27(39)35-11-9-16-13-18(8-7-17(16)15-35)33-25-32-14-19-23(34-25)36-12-10-31-26(36)37(24(19)38)22-20(29)5-4-6-21(22)30/h4-8,10,12-14H,9,11,15H2,1-3H3,(H,32,33,34). The normalized spacial score (nSPS) is 13.5. The molecule has 0 saturated carbocycles. The van der Waals surface area contributed by atoms with E-state index in [0.29, 0.717) is 52.6 Å². The molecular formula is C28H25Cl2N7O3. The van der Waals surface area contributed by atoms with Gasteiger partial charge in [0.05, 0.1) is 15.7 Å². The zero-order valence-electron chi connectivity index (χ0n) is 22.0. The van der Waals surface area contributed by atoms with Gasteiger partial charge in [0.15, 0.2) is 5.65 Å². The predicted molar refractivity (Wildman–Crippen MR) is 154 cm³/mol. The molecule has 0 bridgehead atoms. The van der Waals surface area contributed by atoms with Gasteiger partial charge < -0.3 is 15.0 Å². The van der Waals surface area contributed by atoms with Crippen molar-refractivity contribution in [3.05, 3.63) is 86.5 Å². The molecule has 0 fully saturated rings. The van der Waals surface area contributed by atoms with Gasteiger partial charge in [0.1, 0.15) is 11.0 Å². The third-order valence-electron chi connectivity index (χ3n) is 6.54. The van der Waals surface area contributed by atoms with Gasteiger partial charge in [-0.2, -0.15) is 4.98 Å². The lowest BCUT2D eigenvalue weighted by molar-refractivity contribution is 0.0224. The van der Waals surface area contributed by atoms with Gasteiger partial charge in [-0.25, -0.2) is 19.3 Å². The maximum atomic E-state index is 13.6. The number of aromatic nitrogens is 5. The Labute approximate surface area is 239 Å². The molecule has 1 aliphatic rings. The first-order chi connectivity index (χ1) is 19.1. The molecule has 0 aliphatic carbocycles. The fourth-order valence-corrected chi connectivity index (χ4v) is 5.32. The first kappa shape index (κ1) is 26.1. The van der Waals surface area contributed by atoms with Crippen LogP contribution in [0.15, 0.2) is 59.8 Å². The zero-order chi connectivity index (χ0) is 28.2. The average Bonchev–Trinajstić information content (AvgIpc) is 3.39. The second-order valence-corrected chi connectivity index (χ2v) is 11.3. The van der Waals surface area contributed by atoms with Crippen LogP contribution < -0.4 is 10.9 Å². The lowest BCUT2D eigenvalue weighted by atomic mass is 9.99. The van der Waals surface area contributed by atoms with Crippen molar-refractivity contribution in [2.45, 2.75) is 39.3 Å². The minimum absolute atomic E-state index is 0.278. The Morgan fingerprint density at radius 2 is 1.85 bits per heavy atom. The van der Waals surface area contributed by atoms with Crippen LogP contribution in [0.1, 0.15) is 31.9 Å². The van der Waals surface area contributed by atoms with Crippen LogP contribution in [0.3, 0.4) is 0 Å². The third kappa shape index (κ3) is 4.73. The number of ether oxygens (including phenoxy) is 1. The van der Waals surface area contributed by atoms with Crippen LogP contribution in [0.25, 0.3) is 22.5 Å². The molecule has 0 saturated heterocycles. The largest absolute Gasteiger partial charge is 0.444 e. The molecule has 1 N–H and O–H groups in total.